The molecular weight excluding hydrogens is 254 g/mol. The fourth-order valence-corrected chi connectivity index (χ4v) is 2.45. The van der Waals surface area contributed by atoms with Crippen LogP contribution in [0.5, 0.6) is 0 Å². The Bertz CT molecular complexity index is 730. The Labute approximate surface area is 116 Å². The van der Waals surface area contributed by atoms with Crippen molar-refractivity contribution < 1.29 is 5.11 Å². The summed E-state index contributed by atoms with van der Waals surface area (Å²) in [5.74, 6) is 0. The van der Waals surface area contributed by atoms with Crippen LogP contribution >= 0.6 is 0 Å². The van der Waals surface area contributed by atoms with Crippen molar-refractivity contribution in [1.82, 2.24) is 24.8 Å². The third-order valence-electron chi connectivity index (χ3n) is 3.41. The molecular formula is C14H17N5O. The first-order chi connectivity index (χ1) is 9.72. The molecule has 0 aliphatic rings. The van der Waals surface area contributed by atoms with Gasteiger partial charge in [-0.05, 0) is 12.5 Å². The summed E-state index contributed by atoms with van der Waals surface area (Å²) in [5, 5.41) is 23.9. The van der Waals surface area contributed by atoms with Gasteiger partial charge in [0.1, 0.15) is 11.8 Å². The van der Waals surface area contributed by atoms with Crippen LogP contribution in [0.4, 0.5) is 0 Å². The Morgan fingerprint density at radius 1 is 1.30 bits per heavy atom. The fraction of sp³-hybridized carbons (Fsp3) is 0.357. The minimum atomic E-state index is -0.817. The zero-order valence-corrected chi connectivity index (χ0v) is 11.6. The van der Waals surface area contributed by atoms with Crippen LogP contribution in [0.3, 0.4) is 0 Å². The van der Waals surface area contributed by atoms with E-state index in [0.29, 0.717) is 11.4 Å². The zero-order chi connectivity index (χ0) is 14.1. The van der Waals surface area contributed by atoms with Crippen molar-refractivity contribution in [1.29, 1.82) is 0 Å². The van der Waals surface area contributed by atoms with Gasteiger partial charge >= 0.3 is 0 Å². The quantitative estimate of drug-likeness (QED) is 0.783. The molecule has 3 aromatic rings. The van der Waals surface area contributed by atoms with Crippen LogP contribution in [0, 0.1) is 0 Å². The Morgan fingerprint density at radius 2 is 2.10 bits per heavy atom. The fourth-order valence-electron chi connectivity index (χ4n) is 2.45. The van der Waals surface area contributed by atoms with Crippen molar-refractivity contribution in [3.63, 3.8) is 0 Å². The summed E-state index contributed by atoms with van der Waals surface area (Å²) in [4.78, 5) is 0. The van der Waals surface area contributed by atoms with E-state index in [0.717, 1.165) is 23.9 Å². The Morgan fingerprint density at radius 3 is 2.90 bits per heavy atom. The van der Waals surface area contributed by atoms with Gasteiger partial charge in [-0.1, -0.05) is 30.3 Å². The zero-order valence-electron chi connectivity index (χ0n) is 11.6. The van der Waals surface area contributed by atoms with Crippen LogP contribution in [0.25, 0.3) is 10.9 Å². The van der Waals surface area contributed by atoms with Gasteiger partial charge in [0.2, 0.25) is 0 Å². The average Bonchev–Trinajstić information content (AvgIpc) is 3.04. The van der Waals surface area contributed by atoms with Crippen molar-refractivity contribution in [3.05, 3.63) is 41.9 Å². The molecule has 1 N–H and O–H groups in total. The maximum atomic E-state index is 10.6. The minimum absolute atomic E-state index is 0.641. The van der Waals surface area contributed by atoms with Gasteiger partial charge in [-0.15, -0.1) is 5.10 Å². The number of aliphatic hydroxyl groups excluding tert-OH is 1. The van der Waals surface area contributed by atoms with Gasteiger partial charge in [0, 0.05) is 19.0 Å². The van der Waals surface area contributed by atoms with Crippen LogP contribution in [0.1, 0.15) is 30.8 Å². The predicted molar refractivity (Wildman–Crippen MR) is 75.1 cm³/mol. The van der Waals surface area contributed by atoms with Gasteiger partial charge < -0.3 is 5.11 Å². The topological polar surface area (TPSA) is 68.8 Å². The van der Waals surface area contributed by atoms with Crippen LogP contribution in [-0.4, -0.2) is 29.9 Å². The highest BCUT2D eigenvalue weighted by Crippen LogP contribution is 2.27. The molecule has 1 aromatic carbocycles. The summed E-state index contributed by atoms with van der Waals surface area (Å²) in [7, 11) is 1.88. The number of aromatic nitrogens is 5. The molecule has 1 unspecified atom stereocenters. The smallest absolute Gasteiger partial charge is 0.142 e. The molecule has 20 heavy (non-hydrogen) atoms. The second-order valence-electron chi connectivity index (χ2n) is 4.81. The largest absolute Gasteiger partial charge is 0.380 e. The van der Waals surface area contributed by atoms with Crippen LogP contribution in [-0.2, 0) is 13.6 Å². The molecule has 0 aliphatic heterocycles. The first-order valence-corrected chi connectivity index (χ1v) is 6.70. The van der Waals surface area contributed by atoms with Crippen molar-refractivity contribution in [2.45, 2.75) is 26.0 Å². The van der Waals surface area contributed by atoms with Crippen LogP contribution in [0.15, 0.2) is 30.5 Å². The third-order valence-corrected chi connectivity index (χ3v) is 3.41. The number of aliphatic hydroxyl groups is 1. The summed E-state index contributed by atoms with van der Waals surface area (Å²) < 4.78 is 3.51. The number of rotatable bonds is 4. The maximum absolute atomic E-state index is 10.6. The van der Waals surface area contributed by atoms with E-state index in [2.05, 4.69) is 22.3 Å². The second-order valence-corrected chi connectivity index (χ2v) is 4.81. The molecule has 0 fully saturated rings. The molecule has 0 saturated carbocycles. The predicted octanol–water partition coefficient (Wildman–Crippen LogP) is 1.66. The summed E-state index contributed by atoms with van der Waals surface area (Å²) in [6.45, 7) is 2.80. The highest BCUT2D eigenvalue weighted by atomic mass is 16.3. The Kier molecular flexibility index (Phi) is 3.23. The SMILES string of the molecule is CCCn1nncc1C(O)c1nn(C)c2ccccc12. The van der Waals surface area contributed by atoms with E-state index < -0.39 is 6.10 Å². The number of aryl methyl sites for hydroxylation is 2. The molecule has 1 atom stereocenters. The summed E-state index contributed by atoms with van der Waals surface area (Å²) >= 11 is 0. The molecule has 0 bridgehead atoms. The Balaban J connectivity index is 2.08. The van der Waals surface area contributed by atoms with Crippen molar-refractivity contribution in [2.24, 2.45) is 7.05 Å². The third kappa shape index (κ3) is 1.98. The molecule has 2 heterocycles. The van der Waals surface area contributed by atoms with E-state index in [9.17, 15) is 5.11 Å². The number of fused-ring (bicyclic) bond motifs is 1. The second kappa shape index (κ2) is 5.05. The van der Waals surface area contributed by atoms with Gasteiger partial charge in [-0.3, -0.25) is 4.68 Å². The molecule has 0 saturated heterocycles. The lowest BCUT2D eigenvalue weighted by atomic mass is 10.1. The standard InChI is InChI=1S/C14H17N5O/c1-3-8-19-12(9-15-17-19)14(20)13-10-6-4-5-7-11(10)18(2)16-13/h4-7,9,14,20H,3,8H2,1-2H3. The monoisotopic (exact) mass is 271 g/mol. The van der Waals surface area contributed by atoms with E-state index >= 15 is 0 Å². The lowest BCUT2D eigenvalue weighted by molar-refractivity contribution is 0.203. The van der Waals surface area contributed by atoms with Crippen molar-refractivity contribution >= 4 is 10.9 Å². The lowest BCUT2D eigenvalue weighted by Crippen LogP contribution is -2.11. The summed E-state index contributed by atoms with van der Waals surface area (Å²) in [6, 6.07) is 7.86. The molecule has 0 amide bonds. The highest BCUT2D eigenvalue weighted by Gasteiger charge is 2.22. The molecule has 3 rings (SSSR count). The molecule has 104 valence electrons. The van der Waals surface area contributed by atoms with Gasteiger partial charge in [0.05, 0.1) is 17.4 Å². The lowest BCUT2D eigenvalue weighted by Gasteiger charge is -2.10. The van der Waals surface area contributed by atoms with Crippen LogP contribution < -0.4 is 0 Å². The molecule has 0 spiro atoms. The Hall–Kier alpha value is -2.21. The summed E-state index contributed by atoms with van der Waals surface area (Å²) in [5.41, 5.74) is 2.31. The van der Waals surface area contributed by atoms with Crippen molar-refractivity contribution in [3.8, 4) is 0 Å². The number of nitrogens with zero attached hydrogens (tertiary/aromatic N) is 5. The molecule has 2 aromatic heterocycles. The molecule has 6 nitrogen and oxygen atoms in total. The molecule has 6 heteroatoms. The number of benzene rings is 1. The van der Waals surface area contributed by atoms with Gasteiger partial charge in [-0.2, -0.15) is 5.10 Å². The number of hydrogen-bond donors (Lipinski definition) is 1. The van der Waals surface area contributed by atoms with Crippen LogP contribution in [0.2, 0.25) is 0 Å². The van der Waals surface area contributed by atoms with Crippen molar-refractivity contribution in [2.75, 3.05) is 0 Å². The highest BCUT2D eigenvalue weighted by molar-refractivity contribution is 5.82. The van der Waals surface area contributed by atoms with E-state index in [1.54, 1.807) is 15.6 Å². The van der Waals surface area contributed by atoms with E-state index in [1.165, 1.54) is 0 Å². The van der Waals surface area contributed by atoms with E-state index in [-0.39, 0.29) is 0 Å². The molecule has 0 aliphatic carbocycles. The van der Waals surface area contributed by atoms with Gasteiger partial charge in [-0.25, -0.2) is 4.68 Å². The number of para-hydroxylation sites is 1. The summed E-state index contributed by atoms with van der Waals surface area (Å²) in [6.07, 6.45) is 1.72. The van der Waals surface area contributed by atoms with E-state index in [1.807, 2.05) is 31.3 Å². The first-order valence-electron chi connectivity index (χ1n) is 6.70. The van der Waals surface area contributed by atoms with Gasteiger partial charge in [0.25, 0.3) is 0 Å². The minimum Gasteiger partial charge on any atom is -0.380 e. The van der Waals surface area contributed by atoms with Gasteiger partial charge in [0.15, 0.2) is 0 Å². The average molecular weight is 271 g/mol. The molecule has 0 radical (unpaired) electrons. The van der Waals surface area contributed by atoms with E-state index in [4.69, 9.17) is 0 Å². The maximum Gasteiger partial charge on any atom is 0.142 e. The first kappa shape index (κ1) is 12.8. The normalized spacial score (nSPS) is 12.9. The number of hydrogen-bond acceptors (Lipinski definition) is 4.